The lowest BCUT2D eigenvalue weighted by atomic mass is 9.67. The van der Waals surface area contributed by atoms with E-state index in [4.69, 9.17) is 4.85 Å². The second-order valence-electron chi connectivity index (χ2n) is 26.7. The number of fused-ring (bicyclic) bond motifs is 18. The van der Waals surface area contributed by atoms with Gasteiger partial charge in [0.1, 0.15) is 6.07 Å². The maximum atomic E-state index is 13.2. The summed E-state index contributed by atoms with van der Waals surface area (Å²) in [5, 5.41) is 21.5. The summed E-state index contributed by atoms with van der Waals surface area (Å²) in [5.74, 6) is 0. The van der Waals surface area contributed by atoms with E-state index in [9.17, 15) is 11.8 Å². The van der Waals surface area contributed by atoms with Gasteiger partial charge in [0.15, 0.2) is 0 Å². The van der Waals surface area contributed by atoms with Gasteiger partial charge in [0, 0.05) is 43.1 Å². The third kappa shape index (κ3) is 7.17. The lowest BCUT2D eigenvalue weighted by Gasteiger charge is -2.34. The van der Waals surface area contributed by atoms with Gasteiger partial charge in [0.2, 0.25) is 5.69 Å². The van der Waals surface area contributed by atoms with Crippen LogP contribution in [-0.4, -0.2) is 18.3 Å². The van der Waals surface area contributed by atoms with Crippen LogP contribution >= 0.6 is 0 Å². The Morgan fingerprint density at radius 2 is 0.530 bits per heavy atom. The van der Waals surface area contributed by atoms with E-state index in [0.29, 0.717) is 34.0 Å². The van der Waals surface area contributed by atoms with Gasteiger partial charge in [-0.1, -0.05) is 279 Å². The standard InChI is InChI=1S/C94H56N6/c1-96-88-89(99-84-52-28-20-44-69(84)73-54-78-71(56-86(73)99)63-38-14-22-46-76(63)93(78,59-30-6-2-7-31-59)60-32-8-3-9-33-60)75(58-95)90(97-80-48-24-16-40-65(80)66-41-17-25-49-81(66)97)92(91(88)98-82-50-26-18-42-67(82)68-43-19-27-51-83(68)98)100-85-53-29-21-45-70(85)74-55-79-72(57-87(74)100)64-39-15-23-47-77(64)94(79,61-34-10-4-11-35-61)62-36-12-5-13-37-62/h2-57H. The quantitative estimate of drug-likeness (QED) is 0.140. The van der Waals surface area contributed by atoms with E-state index in [2.05, 4.69) is 364 Å². The van der Waals surface area contributed by atoms with Crippen molar-refractivity contribution < 1.29 is 0 Å². The van der Waals surface area contributed by atoms with Crippen LogP contribution in [0.2, 0.25) is 0 Å². The molecule has 6 heteroatoms. The first kappa shape index (κ1) is 55.7. The largest absolute Gasteiger partial charge is 0.317 e. The highest BCUT2D eigenvalue weighted by atomic mass is 15.1. The Labute approximate surface area is 576 Å². The van der Waals surface area contributed by atoms with Gasteiger partial charge >= 0.3 is 0 Å². The van der Waals surface area contributed by atoms with Crippen molar-refractivity contribution in [3.05, 3.63) is 401 Å². The first-order valence-corrected chi connectivity index (χ1v) is 34.2. The fraction of sp³-hybridized carbons (Fsp3) is 0.0213. The van der Waals surface area contributed by atoms with E-state index in [1.54, 1.807) is 0 Å². The Balaban J connectivity index is 0.991. The van der Waals surface area contributed by atoms with Crippen molar-refractivity contribution in [2.45, 2.75) is 10.8 Å². The van der Waals surface area contributed by atoms with Gasteiger partial charge in [-0.25, -0.2) is 4.85 Å². The monoisotopic (exact) mass is 1270 g/mol. The number of nitrogens with zero attached hydrogens (tertiary/aromatic N) is 6. The fourth-order valence-corrected chi connectivity index (χ4v) is 18.4. The van der Waals surface area contributed by atoms with Crippen LogP contribution in [0.1, 0.15) is 50.1 Å². The van der Waals surface area contributed by atoms with Crippen molar-refractivity contribution in [3.63, 3.8) is 0 Å². The number of nitriles is 1. The van der Waals surface area contributed by atoms with Crippen molar-refractivity contribution >= 4 is 92.9 Å². The normalized spacial score (nSPS) is 13.3. The Kier molecular flexibility index (Phi) is 11.7. The van der Waals surface area contributed by atoms with E-state index in [1.807, 2.05) is 0 Å². The molecule has 4 aromatic heterocycles. The molecule has 21 rings (SSSR count). The summed E-state index contributed by atoms with van der Waals surface area (Å²) in [4.78, 5) is 5.02. The fourth-order valence-electron chi connectivity index (χ4n) is 18.4. The molecule has 4 heterocycles. The maximum absolute atomic E-state index is 13.2. The molecule has 19 aromatic rings. The lowest BCUT2D eigenvalue weighted by molar-refractivity contribution is 0.769. The molecular formula is C94H56N6. The van der Waals surface area contributed by atoms with Crippen LogP contribution in [-0.2, 0) is 10.8 Å². The topological polar surface area (TPSA) is 47.9 Å². The van der Waals surface area contributed by atoms with E-state index in [0.717, 1.165) is 109 Å². The number of benzene rings is 15. The number of hydrogen-bond acceptors (Lipinski definition) is 1. The molecule has 2 aliphatic carbocycles. The molecule has 462 valence electrons. The SMILES string of the molecule is [C-]#[N+]c1c(-n2c3ccccc3c3cc4c(cc32)-c2ccccc2C4(c2ccccc2)c2ccccc2)c(C#N)c(-n2c3ccccc3c3ccccc32)c(-n2c3ccccc3c3cc4c(cc32)-c2ccccc2C4(c2ccccc2)c2ccccc2)c1-n1c2ccccc2c2ccccc21. The summed E-state index contributed by atoms with van der Waals surface area (Å²) < 4.78 is 9.41. The van der Waals surface area contributed by atoms with Gasteiger partial charge in [-0.05, 0) is 127 Å². The highest BCUT2D eigenvalue weighted by molar-refractivity contribution is 6.18. The number of rotatable bonds is 8. The predicted octanol–water partition coefficient (Wildman–Crippen LogP) is 23.2. The average molecular weight is 1270 g/mol. The van der Waals surface area contributed by atoms with Crippen LogP contribution < -0.4 is 0 Å². The molecule has 0 spiro atoms. The Hall–Kier alpha value is -13.5. The van der Waals surface area contributed by atoms with Crippen molar-refractivity contribution in [2.75, 3.05) is 0 Å². The van der Waals surface area contributed by atoms with Crippen LogP contribution in [0, 0.1) is 17.9 Å². The Morgan fingerprint density at radius 3 is 0.870 bits per heavy atom. The second-order valence-corrected chi connectivity index (χ2v) is 26.7. The van der Waals surface area contributed by atoms with Gasteiger partial charge in [-0.2, -0.15) is 5.26 Å². The molecule has 0 saturated carbocycles. The molecule has 0 unspecified atom stereocenters. The molecule has 0 fully saturated rings. The zero-order valence-corrected chi connectivity index (χ0v) is 54.0. The molecule has 6 nitrogen and oxygen atoms in total. The summed E-state index contributed by atoms with van der Waals surface area (Å²) >= 11 is 0. The second kappa shape index (κ2) is 21.0. The van der Waals surface area contributed by atoms with Gasteiger partial charge in [-0.15, -0.1) is 0 Å². The highest BCUT2D eigenvalue weighted by Gasteiger charge is 2.49. The summed E-state index contributed by atoms with van der Waals surface area (Å²) in [5.41, 5.74) is 23.1. The van der Waals surface area contributed by atoms with Crippen LogP contribution in [0.3, 0.4) is 0 Å². The van der Waals surface area contributed by atoms with Crippen molar-refractivity contribution in [3.8, 4) is 51.1 Å². The predicted molar refractivity (Wildman–Crippen MR) is 409 cm³/mol. The first-order chi connectivity index (χ1) is 49.6. The van der Waals surface area contributed by atoms with E-state index < -0.39 is 10.8 Å². The summed E-state index contributed by atoms with van der Waals surface area (Å²) in [7, 11) is 0. The van der Waals surface area contributed by atoms with Crippen molar-refractivity contribution in [1.29, 1.82) is 5.26 Å². The zero-order valence-electron chi connectivity index (χ0n) is 54.0. The molecule has 15 aromatic carbocycles. The van der Waals surface area contributed by atoms with Crippen LogP contribution in [0.15, 0.2) is 340 Å². The van der Waals surface area contributed by atoms with Gasteiger partial charge in [-0.3, -0.25) is 0 Å². The van der Waals surface area contributed by atoms with E-state index in [-0.39, 0.29) is 0 Å². The third-order valence-corrected chi connectivity index (χ3v) is 22.2. The minimum atomic E-state index is -0.685. The maximum Gasteiger partial charge on any atom is 0.237 e. The minimum absolute atomic E-state index is 0.332. The molecule has 0 aliphatic heterocycles. The van der Waals surface area contributed by atoms with Crippen molar-refractivity contribution in [1.82, 2.24) is 18.3 Å². The first-order valence-electron chi connectivity index (χ1n) is 34.2. The Morgan fingerprint density at radius 1 is 0.250 bits per heavy atom. The average Bonchev–Trinajstić information content (AvgIpc) is 1.51. The number of para-hydroxylation sites is 6. The molecular weight excluding hydrogens is 1210 g/mol. The van der Waals surface area contributed by atoms with Gasteiger partial charge in [0.05, 0.1) is 89.8 Å². The Bertz CT molecular complexity index is 6450. The third-order valence-electron chi connectivity index (χ3n) is 22.2. The molecule has 0 bridgehead atoms. The number of aromatic nitrogens is 4. The van der Waals surface area contributed by atoms with E-state index >= 15 is 0 Å². The van der Waals surface area contributed by atoms with E-state index in [1.165, 1.54) is 44.5 Å². The molecule has 0 atom stereocenters. The molecule has 0 radical (unpaired) electrons. The van der Waals surface area contributed by atoms with Gasteiger partial charge in [0.25, 0.3) is 0 Å². The lowest BCUT2D eigenvalue weighted by Crippen LogP contribution is -2.28. The highest BCUT2D eigenvalue weighted by Crippen LogP contribution is 2.61. The van der Waals surface area contributed by atoms with Crippen LogP contribution in [0.25, 0.3) is 137 Å². The molecule has 0 amide bonds. The molecule has 100 heavy (non-hydrogen) atoms. The smallest absolute Gasteiger partial charge is 0.237 e. The zero-order chi connectivity index (χ0) is 66.0. The van der Waals surface area contributed by atoms with Crippen LogP contribution in [0.5, 0.6) is 0 Å². The van der Waals surface area contributed by atoms with Gasteiger partial charge < -0.3 is 18.3 Å². The van der Waals surface area contributed by atoms with Crippen molar-refractivity contribution in [2.24, 2.45) is 0 Å². The molecule has 2 aliphatic rings. The molecule has 0 saturated heterocycles. The molecule has 0 N–H and O–H groups in total. The summed E-state index contributed by atoms with van der Waals surface area (Å²) in [6.45, 7) is 10.3. The summed E-state index contributed by atoms with van der Waals surface area (Å²) in [6.07, 6.45) is 0. The number of hydrogen-bond donors (Lipinski definition) is 0. The summed E-state index contributed by atoms with van der Waals surface area (Å²) in [6, 6.07) is 126. The van der Waals surface area contributed by atoms with Crippen LogP contribution in [0.4, 0.5) is 5.69 Å². The minimum Gasteiger partial charge on any atom is -0.317 e.